The Labute approximate surface area is 101 Å². The van der Waals surface area contributed by atoms with E-state index in [0.717, 1.165) is 12.8 Å². The van der Waals surface area contributed by atoms with Crippen molar-refractivity contribution in [3.8, 4) is 6.07 Å². The molecule has 0 aromatic heterocycles. The van der Waals surface area contributed by atoms with E-state index in [2.05, 4.69) is 0 Å². The van der Waals surface area contributed by atoms with Gasteiger partial charge in [0.15, 0.2) is 5.41 Å². The second kappa shape index (κ2) is 6.89. The number of hydrogen-bond donors (Lipinski definition) is 2. The van der Waals surface area contributed by atoms with Crippen LogP contribution in [-0.2, 0) is 9.59 Å². The highest BCUT2D eigenvalue weighted by Crippen LogP contribution is 2.35. The number of carboxylic acid groups (broad SMARTS) is 2. The molecule has 96 valence electrons. The number of carbonyl (C=O) groups is 2. The minimum atomic E-state index is -1.81. The van der Waals surface area contributed by atoms with Gasteiger partial charge in [-0.1, -0.05) is 33.1 Å². The van der Waals surface area contributed by atoms with Gasteiger partial charge in [0, 0.05) is 0 Å². The number of rotatable bonds is 8. The molecular weight excluding hydrogens is 222 g/mol. The molecule has 0 spiro atoms. The van der Waals surface area contributed by atoms with Crippen molar-refractivity contribution in [3.05, 3.63) is 0 Å². The van der Waals surface area contributed by atoms with Crippen LogP contribution in [0.3, 0.4) is 0 Å². The normalized spacial score (nSPS) is 15.6. The zero-order valence-corrected chi connectivity index (χ0v) is 10.3. The van der Waals surface area contributed by atoms with Crippen molar-refractivity contribution in [1.29, 1.82) is 5.26 Å². The van der Waals surface area contributed by atoms with Crippen molar-refractivity contribution in [2.24, 2.45) is 11.3 Å². The number of hydrogen-bond acceptors (Lipinski definition) is 3. The van der Waals surface area contributed by atoms with Gasteiger partial charge >= 0.3 is 11.9 Å². The van der Waals surface area contributed by atoms with Crippen molar-refractivity contribution < 1.29 is 19.8 Å². The summed E-state index contributed by atoms with van der Waals surface area (Å²) in [4.78, 5) is 22.3. The Bertz CT molecular complexity index is 321. The van der Waals surface area contributed by atoms with Crippen LogP contribution < -0.4 is 0 Å². The predicted octanol–water partition coefficient (Wildman–Crippen LogP) is 2.27. The molecule has 0 fully saturated rings. The van der Waals surface area contributed by atoms with E-state index in [-0.39, 0.29) is 12.8 Å². The number of aliphatic carboxylic acids is 2. The summed E-state index contributed by atoms with van der Waals surface area (Å²) in [6.45, 7) is 3.51. The largest absolute Gasteiger partial charge is 0.481 e. The van der Waals surface area contributed by atoms with Crippen LogP contribution in [0.4, 0.5) is 0 Å². The van der Waals surface area contributed by atoms with E-state index in [9.17, 15) is 9.59 Å². The molecule has 0 aliphatic rings. The Morgan fingerprint density at radius 2 is 1.88 bits per heavy atom. The molecule has 5 heteroatoms. The average molecular weight is 241 g/mol. The summed E-state index contributed by atoms with van der Waals surface area (Å²) in [6.07, 6.45) is 2.63. The standard InChI is InChI=1S/C12H19NO4/c1-3-5-6-7-9(10(14)15)12(4-2,8-13)11(16)17/h9H,3-7H2,1-2H3,(H,14,15)(H,16,17). The van der Waals surface area contributed by atoms with Crippen LogP contribution in [0.5, 0.6) is 0 Å². The predicted molar refractivity (Wildman–Crippen MR) is 61.2 cm³/mol. The van der Waals surface area contributed by atoms with E-state index in [1.165, 1.54) is 6.92 Å². The maximum absolute atomic E-state index is 11.2. The summed E-state index contributed by atoms with van der Waals surface area (Å²) in [5.41, 5.74) is -1.81. The molecule has 0 rings (SSSR count). The maximum atomic E-state index is 11.2. The molecule has 17 heavy (non-hydrogen) atoms. The molecule has 0 aliphatic carbocycles. The van der Waals surface area contributed by atoms with Gasteiger partial charge in [0.2, 0.25) is 0 Å². The van der Waals surface area contributed by atoms with E-state index in [1.54, 1.807) is 6.07 Å². The lowest BCUT2D eigenvalue weighted by atomic mass is 9.72. The van der Waals surface area contributed by atoms with Gasteiger partial charge in [0.1, 0.15) is 0 Å². The van der Waals surface area contributed by atoms with Gasteiger partial charge in [0.25, 0.3) is 0 Å². The lowest BCUT2D eigenvalue weighted by molar-refractivity contribution is -0.159. The third-order valence-corrected chi connectivity index (χ3v) is 3.13. The Morgan fingerprint density at radius 1 is 1.29 bits per heavy atom. The number of carboxylic acids is 2. The monoisotopic (exact) mass is 241 g/mol. The maximum Gasteiger partial charge on any atom is 0.324 e. The van der Waals surface area contributed by atoms with Crippen molar-refractivity contribution >= 4 is 11.9 Å². The molecule has 0 radical (unpaired) electrons. The first kappa shape index (κ1) is 15.4. The summed E-state index contributed by atoms with van der Waals surface area (Å²) in [6, 6.07) is 1.69. The van der Waals surface area contributed by atoms with E-state index in [1.807, 2.05) is 6.92 Å². The van der Waals surface area contributed by atoms with Crippen molar-refractivity contribution in [1.82, 2.24) is 0 Å². The van der Waals surface area contributed by atoms with Gasteiger partial charge in [-0.15, -0.1) is 0 Å². The quantitative estimate of drug-likeness (QED) is 0.635. The molecule has 2 unspecified atom stereocenters. The van der Waals surface area contributed by atoms with Crippen LogP contribution >= 0.6 is 0 Å². The van der Waals surface area contributed by atoms with Gasteiger partial charge in [-0.3, -0.25) is 9.59 Å². The Balaban J connectivity index is 5.06. The average Bonchev–Trinajstić information content (AvgIpc) is 2.28. The molecule has 0 saturated carbocycles. The SMILES string of the molecule is CCCCCC(C(=O)O)C(C#N)(CC)C(=O)O. The second-order valence-corrected chi connectivity index (χ2v) is 4.13. The molecule has 2 atom stereocenters. The van der Waals surface area contributed by atoms with Gasteiger partial charge in [-0.25, -0.2) is 0 Å². The minimum Gasteiger partial charge on any atom is -0.481 e. The van der Waals surface area contributed by atoms with Crippen molar-refractivity contribution in [2.75, 3.05) is 0 Å². The fourth-order valence-corrected chi connectivity index (χ4v) is 1.93. The Morgan fingerprint density at radius 3 is 2.18 bits per heavy atom. The lowest BCUT2D eigenvalue weighted by Crippen LogP contribution is -2.41. The zero-order valence-electron chi connectivity index (χ0n) is 10.3. The summed E-state index contributed by atoms with van der Waals surface area (Å²) in [7, 11) is 0. The van der Waals surface area contributed by atoms with Crippen LogP contribution in [0.2, 0.25) is 0 Å². The van der Waals surface area contributed by atoms with Crippen LogP contribution in [0, 0.1) is 22.7 Å². The fourth-order valence-electron chi connectivity index (χ4n) is 1.93. The smallest absolute Gasteiger partial charge is 0.324 e. The fraction of sp³-hybridized carbons (Fsp3) is 0.750. The van der Waals surface area contributed by atoms with Crippen LogP contribution in [-0.4, -0.2) is 22.2 Å². The van der Waals surface area contributed by atoms with E-state index in [4.69, 9.17) is 15.5 Å². The van der Waals surface area contributed by atoms with Crippen molar-refractivity contribution in [2.45, 2.75) is 46.0 Å². The van der Waals surface area contributed by atoms with Gasteiger partial charge < -0.3 is 10.2 Å². The summed E-state index contributed by atoms with van der Waals surface area (Å²) < 4.78 is 0. The molecular formula is C12H19NO4. The first-order chi connectivity index (χ1) is 7.96. The molecule has 0 heterocycles. The third-order valence-electron chi connectivity index (χ3n) is 3.13. The highest BCUT2D eigenvalue weighted by molar-refractivity contribution is 5.86. The summed E-state index contributed by atoms with van der Waals surface area (Å²) in [5, 5.41) is 27.2. The third kappa shape index (κ3) is 3.45. The first-order valence-corrected chi connectivity index (χ1v) is 5.83. The number of unbranched alkanes of at least 4 members (excludes halogenated alkanes) is 2. The second-order valence-electron chi connectivity index (χ2n) is 4.13. The van der Waals surface area contributed by atoms with Gasteiger partial charge in [-0.05, 0) is 12.8 Å². The van der Waals surface area contributed by atoms with E-state index in [0.29, 0.717) is 6.42 Å². The van der Waals surface area contributed by atoms with Crippen LogP contribution in [0.25, 0.3) is 0 Å². The van der Waals surface area contributed by atoms with Crippen LogP contribution in [0.15, 0.2) is 0 Å². The molecule has 5 nitrogen and oxygen atoms in total. The lowest BCUT2D eigenvalue weighted by Gasteiger charge is -2.27. The molecule has 0 aliphatic heterocycles. The topological polar surface area (TPSA) is 98.4 Å². The summed E-state index contributed by atoms with van der Waals surface area (Å²) in [5.74, 6) is -3.68. The highest BCUT2D eigenvalue weighted by Gasteiger charge is 2.48. The molecule has 0 bridgehead atoms. The number of nitrogens with zero attached hydrogens (tertiary/aromatic N) is 1. The minimum absolute atomic E-state index is 0.00191. The molecule has 0 saturated heterocycles. The van der Waals surface area contributed by atoms with Crippen LogP contribution in [0.1, 0.15) is 46.0 Å². The molecule has 2 N–H and O–H groups in total. The highest BCUT2D eigenvalue weighted by atomic mass is 16.4. The van der Waals surface area contributed by atoms with E-state index >= 15 is 0 Å². The molecule has 0 aromatic rings. The van der Waals surface area contributed by atoms with E-state index < -0.39 is 23.3 Å². The van der Waals surface area contributed by atoms with Gasteiger partial charge in [-0.2, -0.15) is 5.26 Å². The zero-order chi connectivity index (χ0) is 13.5. The first-order valence-electron chi connectivity index (χ1n) is 5.83. The Kier molecular flexibility index (Phi) is 6.26. The number of nitriles is 1. The summed E-state index contributed by atoms with van der Waals surface area (Å²) >= 11 is 0. The Hall–Kier alpha value is -1.57. The molecule has 0 aromatic carbocycles. The van der Waals surface area contributed by atoms with Crippen molar-refractivity contribution in [3.63, 3.8) is 0 Å². The molecule has 0 amide bonds. The van der Waals surface area contributed by atoms with Gasteiger partial charge in [0.05, 0.1) is 12.0 Å².